The smallest absolute Gasteiger partial charge is 0.255 e. The molecule has 2 rings (SSSR count). The average molecular weight is 349 g/mol. The van der Waals surface area contributed by atoms with E-state index < -0.39 is 21.1 Å². The number of nitrogens with one attached hydrogen (secondary N) is 1. The monoisotopic (exact) mass is 349 g/mol. The lowest BCUT2D eigenvalue weighted by molar-refractivity contribution is 0.0934. The van der Waals surface area contributed by atoms with Gasteiger partial charge in [-0.25, -0.2) is 8.42 Å². The van der Waals surface area contributed by atoms with Gasteiger partial charge in [0.2, 0.25) is 0 Å². The molecular weight excluding hydrogens is 326 g/mol. The Labute approximate surface area is 143 Å². The van der Waals surface area contributed by atoms with E-state index in [0.29, 0.717) is 17.1 Å². The molecule has 2 atom stereocenters. The number of amides is 1. The van der Waals surface area contributed by atoms with Crippen LogP contribution in [-0.2, 0) is 9.84 Å². The molecule has 1 N–H and O–H groups in total. The molecular formula is C18H23NO4S. The van der Waals surface area contributed by atoms with Crippen LogP contribution in [0.3, 0.4) is 0 Å². The molecule has 1 heterocycles. The van der Waals surface area contributed by atoms with Crippen molar-refractivity contribution in [3.05, 3.63) is 58.5 Å². The van der Waals surface area contributed by atoms with Gasteiger partial charge in [0.25, 0.3) is 5.91 Å². The molecule has 0 aliphatic rings. The average Bonchev–Trinajstić information content (AvgIpc) is 2.83. The molecule has 0 fully saturated rings. The van der Waals surface area contributed by atoms with E-state index in [9.17, 15) is 13.2 Å². The Balaban J connectivity index is 2.37. The summed E-state index contributed by atoms with van der Waals surface area (Å²) in [4.78, 5) is 12.6. The lowest BCUT2D eigenvalue weighted by Gasteiger charge is -2.24. The van der Waals surface area contributed by atoms with Crippen molar-refractivity contribution in [2.24, 2.45) is 0 Å². The highest BCUT2D eigenvalue weighted by Gasteiger charge is 2.30. The number of furan rings is 1. The summed E-state index contributed by atoms with van der Waals surface area (Å²) in [7, 11) is -3.33. The number of hydrogen-bond acceptors (Lipinski definition) is 4. The maximum absolute atomic E-state index is 12.6. The Kier molecular flexibility index (Phi) is 5.18. The summed E-state index contributed by atoms with van der Waals surface area (Å²) >= 11 is 0. The van der Waals surface area contributed by atoms with E-state index in [4.69, 9.17) is 4.42 Å². The Morgan fingerprint density at radius 2 is 1.71 bits per heavy atom. The minimum atomic E-state index is -3.33. The number of benzene rings is 1. The first-order chi connectivity index (χ1) is 11.1. The zero-order chi connectivity index (χ0) is 18.1. The van der Waals surface area contributed by atoms with Crippen molar-refractivity contribution in [3.63, 3.8) is 0 Å². The fourth-order valence-electron chi connectivity index (χ4n) is 2.57. The number of hydrogen-bond donors (Lipinski definition) is 1. The first-order valence-corrected chi connectivity index (χ1v) is 9.68. The van der Waals surface area contributed by atoms with Crippen LogP contribution in [0.2, 0.25) is 0 Å². The molecule has 5 nitrogen and oxygen atoms in total. The van der Waals surface area contributed by atoms with Crippen LogP contribution in [0.15, 0.2) is 34.7 Å². The van der Waals surface area contributed by atoms with Crippen LogP contribution in [0.4, 0.5) is 0 Å². The zero-order valence-electron chi connectivity index (χ0n) is 14.6. The maximum Gasteiger partial charge on any atom is 0.255 e. The third kappa shape index (κ3) is 4.06. The van der Waals surface area contributed by atoms with Crippen LogP contribution in [0, 0.1) is 20.8 Å². The summed E-state index contributed by atoms with van der Waals surface area (Å²) in [5.41, 5.74) is 2.24. The predicted molar refractivity (Wildman–Crippen MR) is 93.9 cm³/mol. The van der Waals surface area contributed by atoms with Gasteiger partial charge in [-0.3, -0.25) is 4.79 Å². The number of rotatable bonds is 5. The summed E-state index contributed by atoms with van der Waals surface area (Å²) in [6.45, 7) is 7.03. The molecule has 0 saturated carbocycles. The third-order valence-electron chi connectivity index (χ3n) is 4.15. The van der Waals surface area contributed by atoms with Crippen molar-refractivity contribution < 1.29 is 17.6 Å². The molecule has 0 aliphatic heterocycles. The highest BCUT2D eigenvalue weighted by Crippen LogP contribution is 2.24. The van der Waals surface area contributed by atoms with Gasteiger partial charge in [-0.1, -0.05) is 29.8 Å². The molecule has 0 aliphatic carbocycles. The van der Waals surface area contributed by atoms with Crippen LogP contribution in [-0.4, -0.2) is 25.8 Å². The minimum absolute atomic E-state index is 0.342. The standard InChI is InChI=1S/C18H23NO4S/c1-11-6-8-15(9-7-11)17(14(4)24(5,21)22)19-18(20)16-10-12(2)23-13(16)3/h6-10,14,17H,1-5H3,(H,19,20)/t14-,17-/m0/s1. The number of carbonyl (C=O) groups excluding carboxylic acids is 1. The molecule has 6 heteroatoms. The van der Waals surface area contributed by atoms with Gasteiger partial charge in [0, 0.05) is 6.26 Å². The molecule has 1 aromatic heterocycles. The van der Waals surface area contributed by atoms with Crippen molar-refractivity contribution in [2.75, 3.05) is 6.26 Å². The van der Waals surface area contributed by atoms with Crippen molar-refractivity contribution in [1.82, 2.24) is 5.32 Å². The van der Waals surface area contributed by atoms with Crippen molar-refractivity contribution in [2.45, 2.75) is 39.0 Å². The van der Waals surface area contributed by atoms with Crippen molar-refractivity contribution in [1.29, 1.82) is 0 Å². The molecule has 1 amide bonds. The van der Waals surface area contributed by atoms with E-state index >= 15 is 0 Å². The second kappa shape index (κ2) is 6.81. The van der Waals surface area contributed by atoms with E-state index in [2.05, 4.69) is 5.32 Å². The lowest BCUT2D eigenvalue weighted by atomic mass is 10.0. The molecule has 24 heavy (non-hydrogen) atoms. The van der Waals surface area contributed by atoms with Crippen molar-refractivity contribution >= 4 is 15.7 Å². The highest BCUT2D eigenvalue weighted by atomic mass is 32.2. The summed E-state index contributed by atoms with van der Waals surface area (Å²) in [5.74, 6) is 0.811. The Morgan fingerprint density at radius 1 is 1.12 bits per heavy atom. The van der Waals surface area contributed by atoms with Gasteiger partial charge in [-0.2, -0.15) is 0 Å². The van der Waals surface area contributed by atoms with E-state index in [1.807, 2.05) is 31.2 Å². The highest BCUT2D eigenvalue weighted by molar-refractivity contribution is 7.91. The molecule has 130 valence electrons. The van der Waals surface area contributed by atoms with E-state index in [0.717, 1.165) is 11.1 Å². The lowest BCUT2D eigenvalue weighted by Crippen LogP contribution is -2.38. The Hall–Kier alpha value is -2.08. The molecule has 2 aromatic rings. The molecule has 1 aromatic carbocycles. The SMILES string of the molecule is Cc1ccc([C@@H](NC(=O)c2cc(C)oc2C)[C@H](C)S(C)(=O)=O)cc1. The fourth-order valence-corrected chi connectivity index (χ4v) is 3.29. The Bertz CT molecular complexity index is 834. The van der Waals surface area contributed by atoms with Gasteiger partial charge in [-0.15, -0.1) is 0 Å². The van der Waals surface area contributed by atoms with Crippen molar-refractivity contribution in [3.8, 4) is 0 Å². The van der Waals surface area contributed by atoms with E-state index in [1.165, 1.54) is 6.26 Å². The summed E-state index contributed by atoms with van der Waals surface area (Å²) in [6, 6.07) is 8.50. The number of aryl methyl sites for hydroxylation is 3. The van der Waals surface area contributed by atoms with Crippen LogP contribution in [0.5, 0.6) is 0 Å². The topological polar surface area (TPSA) is 76.4 Å². The van der Waals surface area contributed by atoms with Gasteiger partial charge >= 0.3 is 0 Å². The number of carbonyl (C=O) groups is 1. The molecule has 0 radical (unpaired) electrons. The van der Waals surface area contributed by atoms with Crippen LogP contribution in [0.1, 0.15) is 46.0 Å². The quantitative estimate of drug-likeness (QED) is 0.900. The second-order valence-electron chi connectivity index (χ2n) is 6.22. The largest absolute Gasteiger partial charge is 0.466 e. The van der Waals surface area contributed by atoms with Gasteiger partial charge in [-0.05, 0) is 39.3 Å². The zero-order valence-corrected chi connectivity index (χ0v) is 15.4. The van der Waals surface area contributed by atoms with Gasteiger partial charge in [0.05, 0.1) is 16.9 Å². The maximum atomic E-state index is 12.6. The normalized spacial score (nSPS) is 14.2. The van der Waals surface area contributed by atoms with Gasteiger partial charge in [0.15, 0.2) is 9.84 Å². The molecule has 0 unspecified atom stereocenters. The predicted octanol–water partition coefficient (Wildman–Crippen LogP) is 3.11. The summed E-state index contributed by atoms with van der Waals surface area (Å²) in [6.07, 6.45) is 1.18. The third-order valence-corrected chi connectivity index (χ3v) is 5.78. The van der Waals surface area contributed by atoms with E-state index in [-0.39, 0.29) is 5.91 Å². The van der Waals surface area contributed by atoms with Crippen LogP contribution >= 0.6 is 0 Å². The Morgan fingerprint density at radius 3 is 2.17 bits per heavy atom. The first kappa shape index (κ1) is 18.3. The molecule has 0 saturated heterocycles. The minimum Gasteiger partial charge on any atom is -0.466 e. The van der Waals surface area contributed by atoms with E-state index in [1.54, 1.807) is 26.8 Å². The van der Waals surface area contributed by atoms with Crippen LogP contribution < -0.4 is 5.32 Å². The number of sulfone groups is 1. The summed E-state index contributed by atoms with van der Waals surface area (Å²) in [5, 5.41) is 2.10. The molecule has 0 bridgehead atoms. The van der Waals surface area contributed by atoms with Gasteiger partial charge in [0.1, 0.15) is 11.5 Å². The van der Waals surface area contributed by atoms with Gasteiger partial charge < -0.3 is 9.73 Å². The summed E-state index contributed by atoms with van der Waals surface area (Å²) < 4.78 is 29.5. The second-order valence-corrected chi connectivity index (χ2v) is 8.63. The van der Waals surface area contributed by atoms with Crippen LogP contribution in [0.25, 0.3) is 0 Å². The molecule has 0 spiro atoms. The fraction of sp³-hybridized carbons (Fsp3) is 0.389. The first-order valence-electron chi connectivity index (χ1n) is 7.73.